The van der Waals surface area contributed by atoms with Crippen molar-refractivity contribution in [3.8, 4) is 0 Å². The highest BCUT2D eigenvalue weighted by Gasteiger charge is 2.45. The summed E-state index contributed by atoms with van der Waals surface area (Å²) in [5, 5.41) is 4.80. The Hall–Kier alpha value is -1.75. The summed E-state index contributed by atoms with van der Waals surface area (Å²) in [6, 6.07) is 4.90. The van der Waals surface area contributed by atoms with Crippen LogP contribution in [0.25, 0.3) is 11.0 Å². The van der Waals surface area contributed by atoms with Crippen LogP contribution in [0.15, 0.2) is 16.7 Å². The van der Waals surface area contributed by atoms with Gasteiger partial charge in [-0.2, -0.15) is 0 Å². The number of hydrogen-bond acceptors (Lipinski definition) is 5. The molecular formula is C14H18N4O. The largest absolute Gasteiger partial charge is 0.380 e. The summed E-state index contributed by atoms with van der Waals surface area (Å²) in [7, 11) is 0. The van der Waals surface area contributed by atoms with E-state index in [1.54, 1.807) is 0 Å². The second kappa shape index (κ2) is 3.63. The Bertz CT molecular complexity index is 650. The Morgan fingerprint density at radius 2 is 2.21 bits per heavy atom. The molecule has 1 aliphatic carbocycles. The minimum atomic E-state index is 0.288. The standard InChI is InChI=1S/C14H18N4O/c1-7-4-9-13(19-17-14(9)16)11(5-7)18-6-8-2-3-10(18)12(8)15/h4-5,8,10,12H,2-3,6,15H2,1H3,(H2,16,17). The van der Waals surface area contributed by atoms with E-state index in [0.717, 1.165) is 23.2 Å². The van der Waals surface area contributed by atoms with Gasteiger partial charge < -0.3 is 20.9 Å². The Kier molecular flexibility index (Phi) is 2.12. The normalized spacial score (nSPS) is 29.6. The van der Waals surface area contributed by atoms with Crippen LogP contribution in [0.4, 0.5) is 11.5 Å². The third-order valence-corrected chi connectivity index (χ3v) is 4.69. The van der Waals surface area contributed by atoms with Crippen molar-refractivity contribution < 1.29 is 4.52 Å². The number of fused-ring (bicyclic) bond motifs is 3. The summed E-state index contributed by atoms with van der Waals surface area (Å²) in [5.74, 6) is 1.08. The van der Waals surface area contributed by atoms with Crippen LogP contribution < -0.4 is 16.4 Å². The summed E-state index contributed by atoms with van der Waals surface area (Å²) in [5.41, 5.74) is 15.2. The number of nitrogens with zero attached hydrogens (tertiary/aromatic N) is 2. The van der Waals surface area contributed by atoms with Gasteiger partial charge in [0.2, 0.25) is 0 Å². The number of anilines is 2. The van der Waals surface area contributed by atoms with Gasteiger partial charge in [0, 0.05) is 18.6 Å². The molecule has 2 bridgehead atoms. The van der Waals surface area contributed by atoms with Crippen LogP contribution in [-0.2, 0) is 0 Å². The first kappa shape index (κ1) is 11.1. The van der Waals surface area contributed by atoms with E-state index in [4.69, 9.17) is 16.0 Å². The number of rotatable bonds is 1. The van der Waals surface area contributed by atoms with E-state index in [-0.39, 0.29) is 6.04 Å². The number of nitrogen functional groups attached to an aromatic ring is 1. The number of aryl methyl sites for hydroxylation is 1. The first-order valence-electron chi connectivity index (χ1n) is 6.83. The molecule has 0 amide bonds. The van der Waals surface area contributed by atoms with Gasteiger partial charge in [-0.15, -0.1) is 0 Å². The van der Waals surface area contributed by atoms with Gasteiger partial charge in [0.05, 0.1) is 11.1 Å². The Morgan fingerprint density at radius 3 is 2.89 bits per heavy atom. The highest BCUT2D eigenvalue weighted by molar-refractivity contribution is 5.96. The van der Waals surface area contributed by atoms with Crippen molar-refractivity contribution in [3.63, 3.8) is 0 Å². The van der Waals surface area contributed by atoms with Gasteiger partial charge in [-0.1, -0.05) is 5.16 Å². The van der Waals surface area contributed by atoms with Gasteiger partial charge >= 0.3 is 0 Å². The summed E-state index contributed by atoms with van der Waals surface area (Å²) < 4.78 is 5.43. The smallest absolute Gasteiger partial charge is 0.192 e. The van der Waals surface area contributed by atoms with Gasteiger partial charge in [0.1, 0.15) is 0 Å². The summed E-state index contributed by atoms with van der Waals surface area (Å²) in [6.45, 7) is 3.09. The Labute approximate surface area is 111 Å². The summed E-state index contributed by atoms with van der Waals surface area (Å²) in [6.07, 6.45) is 2.42. The number of hydrogen-bond donors (Lipinski definition) is 2. The molecule has 1 saturated carbocycles. The van der Waals surface area contributed by atoms with E-state index in [0.29, 0.717) is 17.8 Å². The second-order valence-corrected chi connectivity index (χ2v) is 5.86. The van der Waals surface area contributed by atoms with Crippen LogP contribution in [-0.4, -0.2) is 23.8 Å². The van der Waals surface area contributed by atoms with Crippen molar-refractivity contribution in [2.75, 3.05) is 17.2 Å². The SMILES string of the molecule is Cc1cc(N2CC3CCC2C3N)c2onc(N)c2c1. The van der Waals surface area contributed by atoms with Crippen LogP contribution >= 0.6 is 0 Å². The maximum absolute atomic E-state index is 6.29. The molecule has 4 rings (SSSR count). The van der Waals surface area contributed by atoms with Crippen LogP contribution in [0.3, 0.4) is 0 Å². The lowest BCUT2D eigenvalue weighted by atomic mass is 10.1. The zero-order valence-corrected chi connectivity index (χ0v) is 11.0. The van der Waals surface area contributed by atoms with Gasteiger partial charge in [0.25, 0.3) is 0 Å². The van der Waals surface area contributed by atoms with Crippen LogP contribution in [0.1, 0.15) is 18.4 Å². The Morgan fingerprint density at radius 1 is 1.37 bits per heavy atom. The first-order chi connectivity index (χ1) is 9.15. The molecule has 3 atom stereocenters. The monoisotopic (exact) mass is 258 g/mol. The van der Waals surface area contributed by atoms with E-state index >= 15 is 0 Å². The Balaban J connectivity index is 1.87. The maximum Gasteiger partial charge on any atom is 0.192 e. The third-order valence-electron chi connectivity index (χ3n) is 4.69. The molecule has 2 heterocycles. The van der Waals surface area contributed by atoms with Crippen molar-refractivity contribution in [1.29, 1.82) is 0 Å². The second-order valence-electron chi connectivity index (χ2n) is 5.86. The predicted molar refractivity (Wildman–Crippen MR) is 75.0 cm³/mol. The van der Waals surface area contributed by atoms with Crippen molar-refractivity contribution in [1.82, 2.24) is 5.16 Å². The molecule has 1 aliphatic heterocycles. The molecule has 1 saturated heterocycles. The van der Waals surface area contributed by atoms with Crippen LogP contribution in [0.2, 0.25) is 0 Å². The van der Waals surface area contributed by atoms with E-state index in [1.807, 2.05) is 6.07 Å². The van der Waals surface area contributed by atoms with Crippen LogP contribution in [0, 0.1) is 12.8 Å². The van der Waals surface area contributed by atoms with Crippen molar-refractivity contribution >= 4 is 22.5 Å². The van der Waals surface area contributed by atoms with Gasteiger partial charge in [0.15, 0.2) is 11.4 Å². The van der Waals surface area contributed by atoms with Crippen molar-refractivity contribution in [3.05, 3.63) is 17.7 Å². The molecule has 3 unspecified atom stereocenters. The van der Waals surface area contributed by atoms with Gasteiger partial charge in [-0.25, -0.2) is 0 Å². The fourth-order valence-electron chi connectivity index (χ4n) is 3.72. The lowest BCUT2D eigenvalue weighted by molar-refractivity contribution is 0.458. The van der Waals surface area contributed by atoms with E-state index in [1.165, 1.54) is 18.4 Å². The summed E-state index contributed by atoms with van der Waals surface area (Å²) in [4.78, 5) is 2.39. The quantitative estimate of drug-likeness (QED) is 0.812. The molecule has 4 N–H and O–H groups in total. The predicted octanol–water partition coefficient (Wildman–Crippen LogP) is 1.64. The molecule has 2 aliphatic rings. The van der Waals surface area contributed by atoms with Crippen LogP contribution in [0.5, 0.6) is 0 Å². The minimum absolute atomic E-state index is 0.288. The fourth-order valence-corrected chi connectivity index (χ4v) is 3.72. The third kappa shape index (κ3) is 1.42. The lowest BCUT2D eigenvalue weighted by Crippen LogP contribution is -2.37. The molecular weight excluding hydrogens is 240 g/mol. The van der Waals surface area contributed by atoms with Crippen molar-refractivity contribution in [2.24, 2.45) is 11.7 Å². The average Bonchev–Trinajstić information content (AvgIpc) is 3.03. The summed E-state index contributed by atoms with van der Waals surface area (Å²) >= 11 is 0. The fraction of sp³-hybridized carbons (Fsp3) is 0.500. The van der Waals surface area contributed by atoms with E-state index < -0.39 is 0 Å². The lowest BCUT2D eigenvalue weighted by Gasteiger charge is -2.29. The topological polar surface area (TPSA) is 81.3 Å². The van der Waals surface area contributed by atoms with E-state index in [2.05, 4.69) is 23.0 Å². The molecule has 5 heteroatoms. The van der Waals surface area contributed by atoms with E-state index in [9.17, 15) is 0 Å². The highest BCUT2D eigenvalue weighted by atomic mass is 16.5. The molecule has 19 heavy (non-hydrogen) atoms. The molecule has 1 aromatic heterocycles. The van der Waals surface area contributed by atoms with Gasteiger partial charge in [-0.05, 0) is 43.4 Å². The highest BCUT2D eigenvalue weighted by Crippen LogP contribution is 2.42. The molecule has 2 aromatic rings. The molecule has 1 aromatic carbocycles. The number of nitrogens with two attached hydrogens (primary N) is 2. The zero-order valence-electron chi connectivity index (χ0n) is 11.0. The van der Waals surface area contributed by atoms with Crippen molar-refractivity contribution in [2.45, 2.75) is 31.8 Å². The zero-order chi connectivity index (χ0) is 13.1. The maximum atomic E-state index is 6.29. The first-order valence-corrected chi connectivity index (χ1v) is 6.83. The average molecular weight is 258 g/mol. The number of benzene rings is 1. The molecule has 5 nitrogen and oxygen atoms in total. The molecule has 0 spiro atoms. The van der Waals surface area contributed by atoms with Gasteiger partial charge in [-0.3, -0.25) is 0 Å². The number of aromatic nitrogens is 1. The minimum Gasteiger partial charge on any atom is -0.380 e. The molecule has 0 radical (unpaired) electrons. The molecule has 100 valence electrons. The number of piperidine rings is 1. The molecule has 2 fully saturated rings.